The Kier molecular flexibility index (Phi) is 4.56. The van der Waals surface area contributed by atoms with Gasteiger partial charge in [-0.1, -0.05) is 11.6 Å². The zero-order valence-corrected chi connectivity index (χ0v) is 15.7. The van der Waals surface area contributed by atoms with Gasteiger partial charge in [-0.2, -0.15) is 0 Å². The minimum absolute atomic E-state index is 0.0837. The summed E-state index contributed by atoms with van der Waals surface area (Å²) in [4.78, 5) is 26.0. The summed E-state index contributed by atoms with van der Waals surface area (Å²) in [7, 11) is 1.57. The van der Waals surface area contributed by atoms with Crippen molar-refractivity contribution in [2.24, 2.45) is 7.05 Å². The third-order valence-corrected chi connectivity index (χ3v) is 4.71. The SMILES string of the molecule is Cn1cc(-c2cc([N+](=O)[O-])ccc2Oc2ccc(Cl)cc2F)c2cc[nH]c2c1=O. The van der Waals surface area contributed by atoms with E-state index in [0.29, 0.717) is 22.0 Å². The molecule has 2 aromatic carbocycles. The Bertz CT molecular complexity index is 1330. The Labute approximate surface area is 168 Å². The molecule has 0 fully saturated rings. The van der Waals surface area contributed by atoms with E-state index in [1.54, 1.807) is 25.5 Å². The number of nitro benzene ring substituents is 1. The zero-order valence-electron chi connectivity index (χ0n) is 15.0. The number of non-ortho nitro benzene ring substituents is 1. The summed E-state index contributed by atoms with van der Waals surface area (Å²) in [5.74, 6) is -0.563. The number of nitro groups is 1. The van der Waals surface area contributed by atoms with Crippen LogP contribution >= 0.6 is 11.6 Å². The fourth-order valence-corrected chi connectivity index (χ4v) is 3.25. The Morgan fingerprint density at radius 3 is 2.62 bits per heavy atom. The molecule has 0 saturated carbocycles. The number of aromatic nitrogens is 2. The van der Waals surface area contributed by atoms with Crippen LogP contribution in [0.3, 0.4) is 0 Å². The van der Waals surface area contributed by atoms with Gasteiger partial charge in [0, 0.05) is 53.1 Å². The lowest BCUT2D eigenvalue weighted by atomic mass is 10.0. The highest BCUT2D eigenvalue weighted by Gasteiger charge is 2.19. The van der Waals surface area contributed by atoms with Gasteiger partial charge in [-0.15, -0.1) is 0 Å². The van der Waals surface area contributed by atoms with Crippen LogP contribution in [0.5, 0.6) is 11.5 Å². The Hall–Kier alpha value is -3.65. The summed E-state index contributed by atoms with van der Waals surface area (Å²) in [6, 6.07) is 9.64. The van der Waals surface area contributed by atoms with Crippen LogP contribution in [-0.4, -0.2) is 14.5 Å². The number of fused-ring (bicyclic) bond motifs is 1. The third kappa shape index (κ3) is 3.34. The highest BCUT2D eigenvalue weighted by atomic mass is 35.5. The van der Waals surface area contributed by atoms with E-state index < -0.39 is 10.7 Å². The lowest BCUT2D eigenvalue weighted by molar-refractivity contribution is -0.384. The molecule has 4 rings (SSSR count). The molecule has 1 N–H and O–H groups in total. The van der Waals surface area contributed by atoms with E-state index in [1.165, 1.54) is 34.9 Å². The molecule has 7 nitrogen and oxygen atoms in total. The number of ether oxygens (including phenoxy) is 1. The first-order valence-electron chi connectivity index (χ1n) is 8.43. The van der Waals surface area contributed by atoms with Crippen molar-refractivity contribution in [3.8, 4) is 22.6 Å². The van der Waals surface area contributed by atoms with Gasteiger partial charge in [0.25, 0.3) is 11.2 Å². The molecule has 0 bridgehead atoms. The lowest BCUT2D eigenvalue weighted by Crippen LogP contribution is -2.16. The number of aryl methyl sites for hydroxylation is 1. The predicted molar refractivity (Wildman–Crippen MR) is 107 cm³/mol. The first-order valence-corrected chi connectivity index (χ1v) is 8.81. The van der Waals surface area contributed by atoms with Crippen molar-refractivity contribution >= 4 is 28.2 Å². The van der Waals surface area contributed by atoms with Crippen molar-refractivity contribution < 1.29 is 14.1 Å². The van der Waals surface area contributed by atoms with Crippen molar-refractivity contribution in [2.45, 2.75) is 0 Å². The molecular weight excluding hydrogens is 401 g/mol. The van der Waals surface area contributed by atoms with E-state index in [9.17, 15) is 19.3 Å². The predicted octanol–water partition coefficient (Wildman–Crippen LogP) is 5.03. The second-order valence-electron chi connectivity index (χ2n) is 6.34. The van der Waals surface area contributed by atoms with E-state index in [-0.39, 0.29) is 27.8 Å². The van der Waals surface area contributed by atoms with Gasteiger partial charge in [0.05, 0.1) is 4.92 Å². The number of halogens is 2. The van der Waals surface area contributed by atoms with Gasteiger partial charge in [0.2, 0.25) is 0 Å². The van der Waals surface area contributed by atoms with Gasteiger partial charge < -0.3 is 14.3 Å². The quantitative estimate of drug-likeness (QED) is 0.375. The molecule has 2 aromatic heterocycles. The first kappa shape index (κ1) is 18.7. The number of aromatic amines is 1. The number of nitrogens with one attached hydrogen (secondary N) is 1. The molecule has 29 heavy (non-hydrogen) atoms. The van der Waals surface area contributed by atoms with E-state index in [1.807, 2.05) is 0 Å². The minimum atomic E-state index is -0.672. The van der Waals surface area contributed by atoms with Gasteiger partial charge in [0.1, 0.15) is 11.3 Å². The van der Waals surface area contributed by atoms with Crippen molar-refractivity contribution in [1.82, 2.24) is 9.55 Å². The summed E-state index contributed by atoms with van der Waals surface area (Å²) < 4.78 is 21.3. The standard InChI is InChI=1S/C20H13ClFN3O4/c1-24-10-15(13-6-7-23-19(13)20(24)26)14-9-12(25(27)28)3-5-17(14)29-18-4-2-11(21)8-16(18)22/h2-10,23H,1H3. The normalized spacial score (nSPS) is 11.0. The third-order valence-electron chi connectivity index (χ3n) is 4.47. The first-order chi connectivity index (χ1) is 13.8. The van der Waals surface area contributed by atoms with E-state index in [2.05, 4.69) is 4.98 Å². The maximum Gasteiger partial charge on any atom is 0.274 e. The summed E-state index contributed by atoms with van der Waals surface area (Å²) in [6.07, 6.45) is 3.16. The minimum Gasteiger partial charge on any atom is -0.454 e. The highest BCUT2D eigenvalue weighted by molar-refractivity contribution is 6.30. The average Bonchev–Trinajstić information content (AvgIpc) is 3.17. The molecule has 0 aliphatic rings. The zero-order chi connectivity index (χ0) is 20.7. The fourth-order valence-electron chi connectivity index (χ4n) is 3.09. The van der Waals surface area contributed by atoms with Crippen molar-refractivity contribution in [2.75, 3.05) is 0 Å². The molecule has 0 atom stereocenters. The summed E-state index contributed by atoms with van der Waals surface area (Å²) >= 11 is 5.78. The number of hydrogen-bond acceptors (Lipinski definition) is 4. The number of pyridine rings is 1. The van der Waals surface area contributed by atoms with Crippen LogP contribution in [0.25, 0.3) is 22.0 Å². The van der Waals surface area contributed by atoms with Crippen LogP contribution < -0.4 is 10.3 Å². The Balaban J connectivity index is 1.96. The number of benzene rings is 2. The van der Waals surface area contributed by atoms with Crippen LogP contribution in [0.2, 0.25) is 5.02 Å². The largest absolute Gasteiger partial charge is 0.454 e. The summed E-state index contributed by atoms with van der Waals surface area (Å²) in [5.41, 5.74) is 0.803. The van der Waals surface area contributed by atoms with E-state index in [4.69, 9.17) is 16.3 Å². The Morgan fingerprint density at radius 1 is 1.14 bits per heavy atom. The maximum absolute atomic E-state index is 14.2. The number of H-pyrrole nitrogens is 1. The second kappa shape index (κ2) is 7.06. The molecule has 4 aromatic rings. The molecule has 0 saturated heterocycles. The van der Waals surface area contributed by atoms with E-state index in [0.717, 1.165) is 6.07 Å². The smallest absolute Gasteiger partial charge is 0.274 e. The Morgan fingerprint density at radius 2 is 1.90 bits per heavy atom. The van der Waals surface area contributed by atoms with Crippen LogP contribution in [0.15, 0.2) is 59.7 Å². The maximum atomic E-state index is 14.2. The molecule has 146 valence electrons. The highest BCUT2D eigenvalue weighted by Crippen LogP contribution is 2.39. The lowest BCUT2D eigenvalue weighted by Gasteiger charge is -2.14. The van der Waals surface area contributed by atoms with Crippen molar-refractivity contribution in [3.05, 3.63) is 86.2 Å². The van der Waals surface area contributed by atoms with Gasteiger partial charge in [-0.3, -0.25) is 14.9 Å². The molecular formula is C20H13ClFN3O4. The van der Waals surface area contributed by atoms with Crippen LogP contribution in [-0.2, 0) is 7.05 Å². The van der Waals surface area contributed by atoms with Crippen LogP contribution in [0, 0.1) is 15.9 Å². The molecule has 0 amide bonds. The number of rotatable bonds is 4. The van der Waals surface area contributed by atoms with Crippen molar-refractivity contribution in [1.29, 1.82) is 0 Å². The number of nitrogens with zero attached hydrogens (tertiary/aromatic N) is 2. The van der Waals surface area contributed by atoms with Crippen LogP contribution in [0.4, 0.5) is 10.1 Å². The molecule has 0 spiro atoms. The molecule has 0 radical (unpaired) electrons. The van der Waals surface area contributed by atoms with Gasteiger partial charge in [0.15, 0.2) is 11.6 Å². The van der Waals surface area contributed by atoms with Gasteiger partial charge >= 0.3 is 0 Å². The monoisotopic (exact) mass is 413 g/mol. The summed E-state index contributed by atoms with van der Waals surface area (Å²) in [6.45, 7) is 0. The molecule has 0 aliphatic carbocycles. The van der Waals surface area contributed by atoms with Gasteiger partial charge in [-0.25, -0.2) is 4.39 Å². The average molecular weight is 414 g/mol. The summed E-state index contributed by atoms with van der Waals surface area (Å²) in [5, 5.41) is 12.1. The van der Waals surface area contributed by atoms with Gasteiger partial charge in [-0.05, 0) is 30.3 Å². The molecule has 0 aliphatic heterocycles. The van der Waals surface area contributed by atoms with E-state index >= 15 is 0 Å². The topological polar surface area (TPSA) is 90.2 Å². The number of hydrogen-bond donors (Lipinski definition) is 1. The fraction of sp³-hybridized carbons (Fsp3) is 0.0500. The molecule has 0 unspecified atom stereocenters. The molecule has 2 heterocycles. The second-order valence-corrected chi connectivity index (χ2v) is 6.78. The van der Waals surface area contributed by atoms with Crippen molar-refractivity contribution in [3.63, 3.8) is 0 Å². The molecule has 9 heteroatoms. The van der Waals surface area contributed by atoms with Crippen LogP contribution in [0.1, 0.15) is 0 Å².